The number of aromatic amines is 1. The summed E-state index contributed by atoms with van der Waals surface area (Å²) >= 11 is 4.37. The van der Waals surface area contributed by atoms with Crippen molar-refractivity contribution in [3.05, 3.63) is 48.7 Å². The van der Waals surface area contributed by atoms with Crippen LogP contribution in [-0.4, -0.2) is 16.8 Å². The third-order valence-electron chi connectivity index (χ3n) is 2.98. The Balaban J connectivity index is 2.61. The fraction of sp³-hybridized carbons (Fsp3) is 0.0625. The highest BCUT2D eigenvalue weighted by Gasteiger charge is 2.16. The molecule has 2 rings (SSSR count). The molecule has 0 saturated heterocycles. The second kappa shape index (κ2) is 8.17. The van der Waals surface area contributed by atoms with Gasteiger partial charge < -0.3 is 10.5 Å². The predicted octanol–water partition coefficient (Wildman–Crippen LogP) is 3.70. The minimum Gasteiger partial charge on any atom is -0.488 e. The maximum atomic E-state index is 9.50. The lowest BCUT2D eigenvalue weighted by Crippen LogP contribution is -1.99. The standard InChI is InChI=1S/C16H11I2N5O/c1-2-3-24-15-9(5-11(17)6-13(15)18)4-10(7-19)14-12(8-20)16(21)23-22-14/h2,4-6H,1,3H2,(H3,21,22,23)/b10-4-. The zero-order valence-electron chi connectivity index (χ0n) is 12.3. The van der Waals surface area contributed by atoms with E-state index in [0.717, 1.165) is 12.7 Å². The highest BCUT2D eigenvalue weighted by Crippen LogP contribution is 2.32. The van der Waals surface area contributed by atoms with Crippen LogP contribution < -0.4 is 10.5 Å². The van der Waals surface area contributed by atoms with Crippen LogP contribution in [-0.2, 0) is 0 Å². The Morgan fingerprint density at radius 1 is 1.42 bits per heavy atom. The Morgan fingerprint density at radius 3 is 2.79 bits per heavy atom. The van der Waals surface area contributed by atoms with E-state index in [1.807, 2.05) is 18.2 Å². The first kappa shape index (κ1) is 18.3. The first-order chi connectivity index (χ1) is 11.5. The van der Waals surface area contributed by atoms with Crippen LogP contribution in [0.15, 0.2) is 24.8 Å². The number of benzene rings is 1. The van der Waals surface area contributed by atoms with Gasteiger partial charge in [-0.05, 0) is 63.4 Å². The van der Waals surface area contributed by atoms with Crippen LogP contribution in [0.1, 0.15) is 16.8 Å². The van der Waals surface area contributed by atoms with Gasteiger partial charge in [0.25, 0.3) is 0 Å². The third-order valence-corrected chi connectivity index (χ3v) is 4.40. The summed E-state index contributed by atoms with van der Waals surface area (Å²) in [6.45, 7) is 3.99. The topological polar surface area (TPSA) is 112 Å². The van der Waals surface area contributed by atoms with Crippen molar-refractivity contribution in [3.8, 4) is 17.9 Å². The van der Waals surface area contributed by atoms with Crippen molar-refractivity contribution >= 4 is 62.6 Å². The normalized spacial score (nSPS) is 10.8. The zero-order chi connectivity index (χ0) is 17.7. The molecule has 0 saturated carbocycles. The molecule has 120 valence electrons. The number of nitrogens with zero attached hydrogens (tertiary/aromatic N) is 3. The molecule has 3 N–H and O–H groups in total. The van der Waals surface area contributed by atoms with Crippen LogP contribution in [0, 0.1) is 29.8 Å². The molecule has 0 atom stereocenters. The Bertz CT molecular complexity index is 902. The molecule has 8 heteroatoms. The molecule has 0 spiro atoms. The summed E-state index contributed by atoms with van der Waals surface area (Å²) in [7, 11) is 0. The minimum atomic E-state index is 0.0639. The fourth-order valence-corrected chi connectivity index (χ4v) is 4.01. The summed E-state index contributed by atoms with van der Waals surface area (Å²) in [5, 5.41) is 25.1. The van der Waals surface area contributed by atoms with Crippen LogP contribution in [0.25, 0.3) is 11.6 Å². The number of nitrogens with two attached hydrogens (primary N) is 1. The van der Waals surface area contributed by atoms with Gasteiger partial charge in [0.05, 0.1) is 14.8 Å². The predicted molar refractivity (Wildman–Crippen MR) is 109 cm³/mol. The van der Waals surface area contributed by atoms with Gasteiger partial charge in [-0.25, -0.2) is 0 Å². The minimum absolute atomic E-state index is 0.0639. The maximum Gasteiger partial charge on any atom is 0.163 e. The summed E-state index contributed by atoms with van der Waals surface area (Å²) in [6, 6.07) is 7.90. The van der Waals surface area contributed by atoms with Crippen molar-refractivity contribution in [3.63, 3.8) is 0 Å². The van der Waals surface area contributed by atoms with Gasteiger partial charge in [-0.1, -0.05) is 12.7 Å². The van der Waals surface area contributed by atoms with E-state index in [9.17, 15) is 10.5 Å². The van der Waals surface area contributed by atoms with Crippen molar-refractivity contribution in [1.82, 2.24) is 10.2 Å². The van der Waals surface area contributed by atoms with Gasteiger partial charge >= 0.3 is 0 Å². The Morgan fingerprint density at radius 2 is 2.17 bits per heavy atom. The van der Waals surface area contributed by atoms with Gasteiger partial charge in [0.1, 0.15) is 30.1 Å². The molecule has 24 heavy (non-hydrogen) atoms. The number of halogens is 2. The first-order valence-electron chi connectivity index (χ1n) is 6.60. The fourth-order valence-electron chi connectivity index (χ4n) is 1.96. The highest BCUT2D eigenvalue weighted by molar-refractivity contribution is 14.1. The van der Waals surface area contributed by atoms with E-state index >= 15 is 0 Å². The van der Waals surface area contributed by atoms with E-state index in [0.29, 0.717) is 18.1 Å². The molecule has 0 bridgehead atoms. The number of rotatable bonds is 5. The Kier molecular flexibility index (Phi) is 6.23. The number of ether oxygens (including phenoxy) is 1. The highest BCUT2D eigenvalue weighted by atomic mass is 127. The van der Waals surface area contributed by atoms with Crippen LogP contribution in [0.2, 0.25) is 0 Å². The molecule has 0 aliphatic carbocycles. The number of nitrogens with one attached hydrogen (secondary N) is 1. The Hall–Kier alpha value is -2.05. The third kappa shape index (κ3) is 3.88. The summed E-state index contributed by atoms with van der Waals surface area (Å²) in [5.74, 6) is 0.712. The molecule has 0 radical (unpaired) electrons. The van der Waals surface area contributed by atoms with Crippen molar-refractivity contribution < 1.29 is 4.74 Å². The van der Waals surface area contributed by atoms with Gasteiger partial charge in [-0.3, -0.25) is 5.10 Å². The molecule has 0 amide bonds. The molecular weight excluding hydrogens is 532 g/mol. The number of anilines is 1. The van der Waals surface area contributed by atoms with Crippen LogP contribution in [0.3, 0.4) is 0 Å². The first-order valence-corrected chi connectivity index (χ1v) is 8.76. The molecule has 1 heterocycles. The van der Waals surface area contributed by atoms with Crippen molar-refractivity contribution in [2.75, 3.05) is 12.3 Å². The molecule has 6 nitrogen and oxygen atoms in total. The van der Waals surface area contributed by atoms with E-state index in [1.165, 1.54) is 0 Å². The monoisotopic (exact) mass is 543 g/mol. The van der Waals surface area contributed by atoms with Crippen molar-refractivity contribution in [1.29, 1.82) is 10.5 Å². The second-order valence-corrected chi connectivity index (χ2v) is 6.95. The van der Waals surface area contributed by atoms with E-state index in [4.69, 9.17) is 10.5 Å². The van der Waals surface area contributed by atoms with Gasteiger partial charge in [0.15, 0.2) is 5.82 Å². The molecule has 1 aromatic carbocycles. The van der Waals surface area contributed by atoms with E-state index in [2.05, 4.69) is 68.0 Å². The summed E-state index contributed by atoms with van der Waals surface area (Å²) in [5.41, 5.74) is 7.06. The number of hydrogen-bond acceptors (Lipinski definition) is 5. The number of H-pyrrole nitrogens is 1. The largest absolute Gasteiger partial charge is 0.488 e. The van der Waals surface area contributed by atoms with Crippen LogP contribution in [0.4, 0.5) is 5.82 Å². The summed E-state index contributed by atoms with van der Waals surface area (Å²) < 4.78 is 7.62. The molecule has 0 aliphatic heterocycles. The van der Waals surface area contributed by atoms with E-state index < -0.39 is 0 Å². The lowest BCUT2D eigenvalue weighted by Gasteiger charge is -2.11. The molecule has 0 aliphatic rings. The second-order valence-electron chi connectivity index (χ2n) is 4.55. The number of nitrogen functional groups attached to an aromatic ring is 1. The molecular formula is C16H11I2N5O. The molecule has 1 aromatic heterocycles. The van der Waals surface area contributed by atoms with Crippen LogP contribution >= 0.6 is 45.2 Å². The SMILES string of the molecule is C=CCOc1c(I)cc(I)cc1/C=C(/C#N)c1[nH]nc(N)c1C#N. The Labute approximate surface area is 166 Å². The lowest BCUT2D eigenvalue weighted by atomic mass is 10.1. The van der Waals surface area contributed by atoms with Gasteiger partial charge in [-0.2, -0.15) is 15.6 Å². The van der Waals surface area contributed by atoms with E-state index in [-0.39, 0.29) is 17.0 Å². The van der Waals surface area contributed by atoms with Crippen molar-refractivity contribution in [2.45, 2.75) is 0 Å². The summed E-state index contributed by atoms with van der Waals surface area (Å²) in [6.07, 6.45) is 3.30. The van der Waals surface area contributed by atoms with Crippen LogP contribution in [0.5, 0.6) is 5.75 Å². The molecule has 0 unspecified atom stereocenters. The average Bonchev–Trinajstić information content (AvgIpc) is 2.92. The number of allylic oxidation sites excluding steroid dienone is 1. The quantitative estimate of drug-likeness (QED) is 0.340. The number of aromatic nitrogens is 2. The smallest absolute Gasteiger partial charge is 0.163 e. The molecule has 0 fully saturated rings. The van der Waals surface area contributed by atoms with Gasteiger partial charge in [0, 0.05) is 9.13 Å². The maximum absolute atomic E-state index is 9.50. The van der Waals surface area contributed by atoms with Gasteiger partial charge in [-0.15, -0.1) is 0 Å². The number of hydrogen-bond donors (Lipinski definition) is 2. The average molecular weight is 543 g/mol. The molecule has 2 aromatic rings. The lowest BCUT2D eigenvalue weighted by molar-refractivity contribution is 0.360. The summed E-state index contributed by atoms with van der Waals surface area (Å²) in [4.78, 5) is 0. The van der Waals surface area contributed by atoms with Crippen molar-refractivity contribution in [2.24, 2.45) is 0 Å². The zero-order valence-corrected chi connectivity index (χ0v) is 16.6. The number of nitriles is 2. The van der Waals surface area contributed by atoms with Gasteiger partial charge in [0.2, 0.25) is 0 Å². The van der Waals surface area contributed by atoms with E-state index in [1.54, 1.807) is 12.2 Å².